The Morgan fingerprint density at radius 3 is 2.27 bits per heavy atom. The highest BCUT2D eigenvalue weighted by Gasteiger charge is 2.27. The van der Waals surface area contributed by atoms with E-state index >= 15 is 0 Å². The Morgan fingerprint density at radius 2 is 1.61 bits per heavy atom. The molecule has 1 amide bonds. The van der Waals surface area contributed by atoms with Crippen LogP contribution in [0, 0.1) is 0 Å². The number of aromatic carboxylic acids is 1. The van der Waals surface area contributed by atoms with Crippen molar-refractivity contribution in [3.8, 4) is 0 Å². The fourth-order valence-electron chi connectivity index (χ4n) is 3.85. The van der Waals surface area contributed by atoms with E-state index in [0.717, 1.165) is 16.7 Å². The minimum atomic E-state index is -3.66. The molecule has 7 nitrogen and oxygen atoms in total. The number of sulfonamides is 1. The highest BCUT2D eigenvalue weighted by atomic mass is 35.5. The maximum absolute atomic E-state index is 12.7. The average Bonchev–Trinajstić information content (AvgIpc) is 3.15. The molecule has 0 saturated heterocycles. The van der Waals surface area contributed by atoms with Crippen molar-refractivity contribution in [2.45, 2.75) is 30.2 Å². The zero-order valence-electron chi connectivity index (χ0n) is 17.4. The summed E-state index contributed by atoms with van der Waals surface area (Å²) in [5.41, 5.74) is 3.53. The molecule has 0 fully saturated rings. The fraction of sp³-hybridized carbons (Fsp3) is 0.167. The summed E-state index contributed by atoms with van der Waals surface area (Å²) in [6.45, 7) is 0. The first-order chi connectivity index (χ1) is 15.7. The molecule has 3 aromatic rings. The molecule has 9 heteroatoms. The Morgan fingerprint density at radius 1 is 0.939 bits per heavy atom. The molecule has 4 rings (SSSR count). The van der Waals surface area contributed by atoms with Crippen LogP contribution in [-0.2, 0) is 34.1 Å². The predicted octanol–water partition coefficient (Wildman–Crippen LogP) is 3.67. The summed E-state index contributed by atoms with van der Waals surface area (Å²) in [5, 5.41) is 12.2. The van der Waals surface area contributed by atoms with Gasteiger partial charge in [-0.25, -0.2) is 17.9 Å². The number of rotatable bonds is 7. The summed E-state index contributed by atoms with van der Waals surface area (Å²) >= 11 is 5.84. The lowest BCUT2D eigenvalue weighted by Gasteiger charge is -2.12. The van der Waals surface area contributed by atoms with Gasteiger partial charge in [0.1, 0.15) is 0 Å². The molecule has 1 unspecified atom stereocenters. The number of halogens is 1. The van der Waals surface area contributed by atoms with E-state index < -0.39 is 16.0 Å². The second-order valence-corrected chi connectivity index (χ2v) is 10.0. The Bertz CT molecular complexity index is 1310. The number of nitrogens with one attached hydrogen (secondary N) is 2. The summed E-state index contributed by atoms with van der Waals surface area (Å²) in [6.07, 6.45) is 1.26. The molecule has 1 aliphatic carbocycles. The van der Waals surface area contributed by atoms with Crippen LogP contribution in [0.4, 0.5) is 5.69 Å². The van der Waals surface area contributed by atoms with E-state index in [1.54, 1.807) is 12.1 Å². The maximum atomic E-state index is 12.7. The number of fused-ring (bicyclic) bond motifs is 1. The number of hydrogen-bond acceptors (Lipinski definition) is 4. The van der Waals surface area contributed by atoms with Crippen LogP contribution in [-0.4, -0.2) is 31.4 Å². The molecule has 0 heterocycles. The van der Waals surface area contributed by atoms with E-state index in [0.29, 0.717) is 23.6 Å². The van der Waals surface area contributed by atoms with Crippen molar-refractivity contribution >= 4 is 39.2 Å². The minimum absolute atomic E-state index is 0.146. The lowest BCUT2D eigenvalue weighted by molar-refractivity contribution is -0.115. The quantitative estimate of drug-likeness (QED) is 0.473. The van der Waals surface area contributed by atoms with Gasteiger partial charge in [0.05, 0.1) is 16.9 Å². The van der Waals surface area contributed by atoms with Gasteiger partial charge in [-0.05, 0) is 78.1 Å². The van der Waals surface area contributed by atoms with Gasteiger partial charge in [0.2, 0.25) is 15.9 Å². The molecule has 0 radical (unpaired) electrons. The number of benzene rings is 3. The predicted molar refractivity (Wildman–Crippen MR) is 125 cm³/mol. The van der Waals surface area contributed by atoms with Crippen molar-refractivity contribution in [2.75, 3.05) is 5.32 Å². The van der Waals surface area contributed by atoms with Gasteiger partial charge in [0, 0.05) is 16.8 Å². The van der Waals surface area contributed by atoms with Crippen LogP contribution >= 0.6 is 11.6 Å². The molecule has 3 N–H and O–H groups in total. The SMILES string of the molecule is O=C(Cc1ccc2c(c1)CC(NS(=O)(=O)c1ccc(Cl)cc1)C2)Nc1ccc(C(=O)O)cc1. The number of hydrogen-bond donors (Lipinski definition) is 3. The van der Waals surface area contributed by atoms with Crippen molar-refractivity contribution in [2.24, 2.45) is 0 Å². The van der Waals surface area contributed by atoms with E-state index in [-0.39, 0.29) is 28.8 Å². The standard InChI is InChI=1S/C24H21ClN2O5S/c25-19-5-9-22(10-6-19)33(31,32)27-21-13-17-2-1-15(11-18(17)14-21)12-23(28)26-20-7-3-16(4-8-20)24(29)30/h1-11,21,27H,12-14H2,(H,26,28)(H,29,30). The first kappa shape index (κ1) is 23.0. The molecule has 0 bridgehead atoms. The number of carbonyl (C=O) groups excluding carboxylic acids is 1. The van der Waals surface area contributed by atoms with Crippen LogP contribution in [0.3, 0.4) is 0 Å². The first-order valence-electron chi connectivity index (χ1n) is 10.2. The van der Waals surface area contributed by atoms with Gasteiger partial charge in [-0.3, -0.25) is 4.79 Å². The number of carbonyl (C=O) groups is 2. The van der Waals surface area contributed by atoms with Gasteiger partial charge in [0.15, 0.2) is 0 Å². The van der Waals surface area contributed by atoms with Crippen LogP contribution in [0.5, 0.6) is 0 Å². The number of carboxylic acids is 1. The lowest BCUT2D eigenvalue weighted by atomic mass is 10.0. The molecule has 0 aliphatic heterocycles. The molecule has 170 valence electrons. The van der Waals surface area contributed by atoms with Gasteiger partial charge in [-0.15, -0.1) is 0 Å². The number of anilines is 1. The molecule has 0 saturated carbocycles. The van der Waals surface area contributed by atoms with Crippen molar-refractivity contribution in [3.63, 3.8) is 0 Å². The molecule has 0 aromatic heterocycles. The summed E-state index contributed by atoms with van der Waals surface area (Å²) in [6, 6.07) is 17.4. The minimum Gasteiger partial charge on any atom is -0.478 e. The normalized spacial score (nSPS) is 15.1. The zero-order valence-corrected chi connectivity index (χ0v) is 19.0. The van der Waals surface area contributed by atoms with Gasteiger partial charge >= 0.3 is 5.97 Å². The Labute approximate surface area is 196 Å². The van der Waals surface area contributed by atoms with Gasteiger partial charge in [-0.1, -0.05) is 29.8 Å². The largest absolute Gasteiger partial charge is 0.478 e. The van der Waals surface area contributed by atoms with E-state index in [1.807, 2.05) is 18.2 Å². The van der Waals surface area contributed by atoms with E-state index in [1.165, 1.54) is 36.4 Å². The first-order valence-corrected chi connectivity index (χ1v) is 12.1. The molecular weight excluding hydrogens is 464 g/mol. The van der Waals surface area contributed by atoms with Crippen LogP contribution < -0.4 is 10.0 Å². The van der Waals surface area contributed by atoms with E-state index in [2.05, 4.69) is 10.0 Å². The van der Waals surface area contributed by atoms with Crippen LogP contribution in [0.2, 0.25) is 5.02 Å². The highest BCUT2D eigenvalue weighted by molar-refractivity contribution is 7.89. The Balaban J connectivity index is 1.37. The summed E-state index contributed by atoms with van der Waals surface area (Å²) in [5.74, 6) is -1.25. The van der Waals surface area contributed by atoms with Gasteiger partial charge in [0.25, 0.3) is 0 Å². The summed E-state index contributed by atoms with van der Waals surface area (Å²) in [7, 11) is -3.66. The molecule has 1 atom stereocenters. The van der Waals surface area contributed by atoms with E-state index in [4.69, 9.17) is 16.7 Å². The summed E-state index contributed by atoms with van der Waals surface area (Å²) < 4.78 is 28.1. The lowest BCUT2D eigenvalue weighted by Crippen LogP contribution is -2.35. The van der Waals surface area contributed by atoms with Crippen molar-refractivity contribution in [1.82, 2.24) is 4.72 Å². The third-order valence-corrected chi connectivity index (χ3v) is 7.22. The fourth-order valence-corrected chi connectivity index (χ4v) is 5.21. The Kier molecular flexibility index (Phi) is 6.51. The third-order valence-electron chi connectivity index (χ3n) is 5.43. The van der Waals surface area contributed by atoms with Gasteiger partial charge < -0.3 is 10.4 Å². The molecule has 0 spiro atoms. The summed E-state index contributed by atoms with van der Waals surface area (Å²) in [4.78, 5) is 23.5. The molecule has 3 aromatic carbocycles. The topological polar surface area (TPSA) is 113 Å². The van der Waals surface area contributed by atoms with Crippen molar-refractivity contribution in [3.05, 3.63) is 94.0 Å². The van der Waals surface area contributed by atoms with Crippen LogP contribution in [0.1, 0.15) is 27.0 Å². The van der Waals surface area contributed by atoms with Crippen LogP contribution in [0.25, 0.3) is 0 Å². The van der Waals surface area contributed by atoms with E-state index in [9.17, 15) is 18.0 Å². The zero-order chi connectivity index (χ0) is 23.6. The third kappa shape index (κ3) is 5.60. The van der Waals surface area contributed by atoms with Crippen molar-refractivity contribution in [1.29, 1.82) is 0 Å². The highest BCUT2D eigenvalue weighted by Crippen LogP contribution is 2.25. The van der Waals surface area contributed by atoms with Crippen molar-refractivity contribution < 1.29 is 23.1 Å². The second-order valence-electron chi connectivity index (χ2n) is 7.89. The second kappa shape index (κ2) is 9.35. The van der Waals surface area contributed by atoms with Crippen LogP contribution in [0.15, 0.2) is 71.6 Å². The average molecular weight is 485 g/mol. The monoisotopic (exact) mass is 484 g/mol. The molecular formula is C24H21ClN2O5S. The number of carboxylic acid groups (broad SMARTS) is 1. The molecule has 1 aliphatic rings. The molecule has 33 heavy (non-hydrogen) atoms. The maximum Gasteiger partial charge on any atom is 0.335 e. The smallest absolute Gasteiger partial charge is 0.335 e. The van der Waals surface area contributed by atoms with Gasteiger partial charge in [-0.2, -0.15) is 0 Å². The Hall–Kier alpha value is -3.20. The number of amides is 1.